The Labute approximate surface area is 174 Å². The molecular weight excluding hydrogens is 368 g/mol. The number of pyridine rings is 1. The van der Waals surface area contributed by atoms with Crippen LogP contribution in [0.4, 0.5) is 4.79 Å². The highest BCUT2D eigenvalue weighted by Crippen LogP contribution is 2.30. The molecule has 1 saturated heterocycles. The van der Waals surface area contributed by atoms with Gasteiger partial charge in [-0.15, -0.1) is 0 Å². The van der Waals surface area contributed by atoms with Crippen LogP contribution in [0.15, 0.2) is 18.5 Å². The van der Waals surface area contributed by atoms with Gasteiger partial charge >= 0.3 is 6.09 Å². The van der Waals surface area contributed by atoms with Crippen molar-refractivity contribution >= 4 is 12.4 Å². The van der Waals surface area contributed by atoms with Crippen LogP contribution in [0.5, 0.6) is 5.75 Å². The molecule has 1 atom stereocenters. The molecule has 1 amide bonds. The van der Waals surface area contributed by atoms with Gasteiger partial charge in [-0.25, -0.2) is 4.79 Å². The van der Waals surface area contributed by atoms with Crippen LogP contribution in [0.2, 0.25) is 0 Å². The fraction of sp³-hybridized carbons (Fsp3) is 0.696. The van der Waals surface area contributed by atoms with Gasteiger partial charge < -0.3 is 19.2 Å². The number of likely N-dealkylation sites (tertiary alicyclic amines) is 1. The van der Waals surface area contributed by atoms with Crippen molar-refractivity contribution in [3.8, 4) is 5.75 Å². The number of hydrogen-bond donors (Lipinski definition) is 0. The number of nitrogens with zero attached hydrogens (tertiary/aromatic N) is 2. The van der Waals surface area contributed by atoms with Crippen molar-refractivity contribution in [3.05, 3.63) is 24.0 Å². The van der Waals surface area contributed by atoms with E-state index in [1.807, 2.05) is 27.0 Å². The van der Waals surface area contributed by atoms with Gasteiger partial charge in [0.1, 0.15) is 24.2 Å². The second kappa shape index (κ2) is 9.59. The van der Waals surface area contributed by atoms with Crippen LogP contribution in [-0.2, 0) is 16.0 Å². The third kappa shape index (κ3) is 6.44. The van der Waals surface area contributed by atoms with Crippen molar-refractivity contribution in [1.82, 2.24) is 9.88 Å². The van der Waals surface area contributed by atoms with Crippen LogP contribution in [0.25, 0.3) is 0 Å². The summed E-state index contributed by atoms with van der Waals surface area (Å²) in [5.74, 6) is 1.61. The fourth-order valence-electron chi connectivity index (χ4n) is 4.28. The summed E-state index contributed by atoms with van der Waals surface area (Å²) in [4.78, 5) is 29.5. The summed E-state index contributed by atoms with van der Waals surface area (Å²) in [5, 5.41) is 0. The number of carbonyl (C=O) groups is 2. The Bertz CT molecular complexity index is 692. The second-order valence-electron chi connectivity index (χ2n) is 9.43. The Morgan fingerprint density at radius 2 is 1.97 bits per heavy atom. The van der Waals surface area contributed by atoms with Crippen LogP contribution in [-0.4, -0.2) is 47.1 Å². The van der Waals surface area contributed by atoms with Gasteiger partial charge in [-0.3, -0.25) is 4.98 Å². The average molecular weight is 403 g/mol. The number of aromatic nitrogens is 1. The minimum Gasteiger partial charge on any atom is -0.490 e. The minimum absolute atomic E-state index is 0.0344. The Kier molecular flexibility index (Phi) is 7.14. The topological polar surface area (TPSA) is 68.7 Å². The highest BCUT2D eigenvalue weighted by molar-refractivity contribution is 5.69. The molecule has 29 heavy (non-hydrogen) atoms. The first-order valence-electron chi connectivity index (χ1n) is 10.9. The van der Waals surface area contributed by atoms with Crippen molar-refractivity contribution in [1.29, 1.82) is 0 Å². The van der Waals surface area contributed by atoms with E-state index in [1.54, 1.807) is 11.1 Å². The fourth-order valence-corrected chi connectivity index (χ4v) is 4.28. The molecule has 1 aromatic rings. The summed E-state index contributed by atoms with van der Waals surface area (Å²) in [7, 11) is 0. The molecule has 0 radical (unpaired) electrons. The molecule has 1 aliphatic heterocycles. The van der Waals surface area contributed by atoms with Crippen LogP contribution in [0.1, 0.15) is 64.9 Å². The molecule has 1 aliphatic carbocycles. The highest BCUT2D eigenvalue weighted by Gasteiger charge is 2.32. The molecule has 1 saturated carbocycles. The highest BCUT2D eigenvalue weighted by atomic mass is 16.6. The Balaban J connectivity index is 1.51. The molecule has 6 nitrogen and oxygen atoms in total. The van der Waals surface area contributed by atoms with Gasteiger partial charge in [0.25, 0.3) is 0 Å². The lowest BCUT2D eigenvalue weighted by atomic mass is 9.80. The van der Waals surface area contributed by atoms with Crippen molar-refractivity contribution in [3.63, 3.8) is 0 Å². The Morgan fingerprint density at radius 3 is 2.66 bits per heavy atom. The molecule has 2 fully saturated rings. The van der Waals surface area contributed by atoms with Crippen LogP contribution < -0.4 is 4.74 Å². The van der Waals surface area contributed by atoms with E-state index in [0.29, 0.717) is 19.1 Å². The molecule has 6 heteroatoms. The third-order valence-electron chi connectivity index (χ3n) is 5.83. The summed E-state index contributed by atoms with van der Waals surface area (Å²) in [5.41, 5.74) is 0.682. The summed E-state index contributed by atoms with van der Waals surface area (Å²) in [6.07, 6.45) is 11.5. The number of carbonyl (C=O) groups excluding carboxylic acids is 2. The zero-order chi connectivity index (χ0) is 20.9. The first-order valence-corrected chi connectivity index (χ1v) is 10.9. The quantitative estimate of drug-likeness (QED) is 0.660. The van der Waals surface area contributed by atoms with E-state index in [-0.39, 0.29) is 18.1 Å². The van der Waals surface area contributed by atoms with E-state index in [1.165, 1.54) is 5.56 Å². The molecule has 0 N–H and O–H groups in total. The van der Waals surface area contributed by atoms with Crippen LogP contribution >= 0.6 is 0 Å². The molecule has 0 bridgehead atoms. The summed E-state index contributed by atoms with van der Waals surface area (Å²) in [6, 6.07) is 2.10. The molecule has 1 aromatic heterocycles. The second-order valence-corrected chi connectivity index (χ2v) is 9.43. The van der Waals surface area contributed by atoms with E-state index in [2.05, 4.69) is 11.1 Å². The maximum absolute atomic E-state index is 12.4. The number of rotatable bonds is 6. The zero-order valence-electron chi connectivity index (χ0n) is 17.9. The summed E-state index contributed by atoms with van der Waals surface area (Å²) < 4.78 is 11.5. The zero-order valence-corrected chi connectivity index (χ0v) is 17.9. The van der Waals surface area contributed by atoms with Gasteiger partial charge in [0.15, 0.2) is 0 Å². The summed E-state index contributed by atoms with van der Waals surface area (Å²) >= 11 is 0. The van der Waals surface area contributed by atoms with E-state index in [4.69, 9.17) is 9.47 Å². The third-order valence-corrected chi connectivity index (χ3v) is 5.83. The van der Waals surface area contributed by atoms with Gasteiger partial charge in [-0.05, 0) is 83.3 Å². The van der Waals surface area contributed by atoms with Crippen molar-refractivity contribution in [2.24, 2.45) is 11.8 Å². The largest absolute Gasteiger partial charge is 0.490 e. The number of hydrogen-bond acceptors (Lipinski definition) is 5. The molecule has 2 aliphatic rings. The SMILES string of the molecule is CC(C)(C)OC(=O)N1CCC[C@H]1COc1cncc(C[C@H]2CC[C@H](C=O)CC2)c1. The standard InChI is InChI=1S/C23H34N2O4/c1-23(2,3)29-22(27)25-10-4-5-20(25)16-28-21-12-19(13-24-14-21)11-17-6-8-18(15-26)9-7-17/h12-15,17-18,20H,4-11,16H2,1-3H3/t17-,18-,20-/m0/s1. The predicted molar refractivity (Wildman–Crippen MR) is 111 cm³/mol. The molecule has 0 spiro atoms. The van der Waals surface area contributed by atoms with Crippen molar-refractivity contribution in [2.45, 2.75) is 77.4 Å². The van der Waals surface area contributed by atoms with E-state index < -0.39 is 5.60 Å². The normalized spacial score (nSPS) is 24.9. The minimum atomic E-state index is -0.492. The predicted octanol–water partition coefficient (Wildman–Crippen LogP) is 4.41. The first-order chi connectivity index (χ1) is 13.8. The number of aldehydes is 1. The molecule has 160 valence electrons. The van der Waals surface area contributed by atoms with Gasteiger partial charge in [0, 0.05) is 18.7 Å². The lowest BCUT2D eigenvalue weighted by Gasteiger charge is -2.28. The summed E-state index contributed by atoms with van der Waals surface area (Å²) in [6.45, 7) is 6.82. The lowest BCUT2D eigenvalue weighted by molar-refractivity contribution is -0.112. The first kappa shape index (κ1) is 21.6. The number of ether oxygens (including phenoxy) is 2. The monoisotopic (exact) mass is 402 g/mol. The van der Waals surface area contributed by atoms with Gasteiger partial charge in [-0.2, -0.15) is 0 Å². The van der Waals surface area contributed by atoms with Gasteiger partial charge in [0.2, 0.25) is 0 Å². The molecule has 0 unspecified atom stereocenters. The molecular formula is C23H34N2O4. The van der Waals surface area contributed by atoms with Crippen LogP contribution in [0.3, 0.4) is 0 Å². The van der Waals surface area contributed by atoms with Crippen molar-refractivity contribution in [2.75, 3.05) is 13.2 Å². The lowest BCUT2D eigenvalue weighted by Crippen LogP contribution is -2.42. The number of amides is 1. The molecule has 0 aromatic carbocycles. The van der Waals surface area contributed by atoms with E-state index in [9.17, 15) is 9.59 Å². The maximum atomic E-state index is 12.4. The molecule has 3 rings (SSSR count). The van der Waals surface area contributed by atoms with Crippen molar-refractivity contribution < 1.29 is 19.1 Å². The van der Waals surface area contributed by atoms with Gasteiger partial charge in [0.05, 0.1) is 12.2 Å². The van der Waals surface area contributed by atoms with E-state index >= 15 is 0 Å². The smallest absolute Gasteiger partial charge is 0.410 e. The van der Waals surface area contributed by atoms with Crippen LogP contribution in [0, 0.1) is 11.8 Å². The van der Waals surface area contributed by atoms with Gasteiger partial charge in [-0.1, -0.05) is 0 Å². The van der Waals surface area contributed by atoms with E-state index in [0.717, 1.165) is 57.0 Å². The Hall–Kier alpha value is -2.11. The molecule has 2 heterocycles. The average Bonchev–Trinajstić information content (AvgIpc) is 3.15. The Morgan fingerprint density at radius 1 is 1.21 bits per heavy atom. The maximum Gasteiger partial charge on any atom is 0.410 e.